The first-order valence-corrected chi connectivity index (χ1v) is 11.1. The van der Waals surface area contributed by atoms with Crippen LogP contribution in [0.5, 0.6) is 11.5 Å². The van der Waals surface area contributed by atoms with Gasteiger partial charge < -0.3 is 23.4 Å². The molecule has 0 aliphatic carbocycles. The quantitative estimate of drug-likeness (QED) is 0.358. The average Bonchev–Trinajstić information content (AvgIpc) is 3.37. The first-order valence-electron chi connectivity index (χ1n) is 11.1. The van der Waals surface area contributed by atoms with E-state index in [4.69, 9.17) is 31.2 Å². The number of hydrogen-bond acceptors (Lipinski definition) is 7. The van der Waals surface area contributed by atoms with Crippen LogP contribution in [0.25, 0.3) is 11.3 Å². The zero-order valence-electron chi connectivity index (χ0n) is 19.7. The lowest BCUT2D eigenvalue weighted by Gasteiger charge is -2.26. The number of ketones is 1. The number of carbonyl (C=O) groups excluding carboxylic acids is 1. The van der Waals surface area contributed by atoms with Crippen LogP contribution in [0.4, 0.5) is 0 Å². The third-order valence-corrected chi connectivity index (χ3v) is 5.94. The summed E-state index contributed by atoms with van der Waals surface area (Å²) in [5.74, 6) is 1.37. The number of hydrogen-bond donors (Lipinski definition) is 0. The fraction of sp³-hybridized carbons (Fsp3) is 0.346. The van der Waals surface area contributed by atoms with E-state index in [1.165, 1.54) is 26.9 Å². The minimum atomic E-state index is -0.771. The van der Waals surface area contributed by atoms with E-state index < -0.39 is 6.10 Å². The molecule has 0 spiro atoms. The van der Waals surface area contributed by atoms with Crippen molar-refractivity contribution in [2.75, 3.05) is 47.6 Å². The van der Waals surface area contributed by atoms with E-state index in [2.05, 4.69) is 4.90 Å². The molecule has 34 heavy (non-hydrogen) atoms. The second-order valence-corrected chi connectivity index (χ2v) is 8.07. The third-order valence-electron chi connectivity index (χ3n) is 5.94. The molecule has 1 unspecified atom stereocenters. The largest absolute Gasteiger partial charge is 0.497 e. The molecule has 0 amide bonds. The molecule has 1 aliphatic heterocycles. The van der Waals surface area contributed by atoms with Gasteiger partial charge in [-0.15, -0.1) is 0 Å². The van der Waals surface area contributed by atoms with Crippen molar-refractivity contribution in [3.63, 3.8) is 0 Å². The molecule has 2 radical (unpaired) electrons. The molecule has 1 aliphatic rings. The van der Waals surface area contributed by atoms with Gasteiger partial charge in [-0.1, -0.05) is 24.3 Å². The van der Waals surface area contributed by atoms with Crippen molar-refractivity contribution < 1.29 is 28.2 Å². The molecular weight excluding hydrogens is 433 g/mol. The summed E-state index contributed by atoms with van der Waals surface area (Å²) >= 11 is 0. The number of ether oxygens (including phenoxy) is 4. The van der Waals surface area contributed by atoms with Gasteiger partial charge in [0.1, 0.15) is 31.2 Å². The van der Waals surface area contributed by atoms with Crippen molar-refractivity contribution in [1.29, 1.82) is 0 Å². The summed E-state index contributed by atoms with van der Waals surface area (Å²) < 4.78 is 27.5. The molecule has 1 atom stereocenters. The number of rotatable bonds is 9. The smallest absolute Gasteiger partial charge is 0.231 e. The predicted octanol–water partition coefficient (Wildman–Crippen LogP) is 3.16. The molecule has 1 saturated heterocycles. The Morgan fingerprint density at radius 2 is 1.65 bits per heavy atom. The third kappa shape index (κ3) is 5.19. The number of benzene rings is 2. The van der Waals surface area contributed by atoms with Gasteiger partial charge in [0.05, 0.1) is 27.4 Å². The van der Waals surface area contributed by atoms with Crippen LogP contribution in [-0.2, 0) is 16.0 Å². The topological polar surface area (TPSA) is 70.4 Å². The monoisotopic (exact) mass is 461 g/mol. The summed E-state index contributed by atoms with van der Waals surface area (Å²) in [6, 6.07) is 14.8. The molecule has 176 valence electrons. The van der Waals surface area contributed by atoms with E-state index in [-0.39, 0.29) is 11.5 Å². The number of morpholine rings is 1. The minimum Gasteiger partial charge on any atom is -0.497 e. The van der Waals surface area contributed by atoms with E-state index in [1.807, 2.05) is 24.3 Å². The molecular formula is C26H28BNO6. The number of furan rings is 1. The Hall–Kier alpha value is -3.07. The van der Waals surface area contributed by atoms with Crippen molar-refractivity contribution in [3.8, 4) is 22.8 Å². The molecule has 4 rings (SSSR count). The van der Waals surface area contributed by atoms with Crippen LogP contribution in [0.15, 0.2) is 52.9 Å². The highest BCUT2D eigenvalue weighted by molar-refractivity contribution is 6.36. The van der Waals surface area contributed by atoms with E-state index in [0.717, 1.165) is 38.4 Å². The second-order valence-electron chi connectivity index (χ2n) is 8.07. The number of nitrogens with zero attached hydrogens (tertiary/aromatic N) is 1. The fourth-order valence-electron chi connectivity index (χ4n) is 4.05. The average molecular weight is 461 g/mol. The van der Waals surface area contributed by atoms with Crippen LogP contribution >= 0.6 is 0 Å². The number of methoxy groups -OCH3 is 3. The van der Waals surface area contributed by atoms with Crippen molar-refractivity contribution in [1.82, 2.24) is 4.90 Å². The van der Waals surface area contributed by atoms with E-state index in [0.29, 0.717) is 28.3 Å². The lowest BCUT2D eigenvalue weighted by atomic mass is 9.92. The first-order chi connectivity index (χ1) is 16.5. The maximum Gasteiger partial charge on any atom is 0.231 e. The molecule has 0 bridgehead atoms. The van der Waals surface area contributed by atoms with Gasteiger partial charge in [0.15, 0.2) is 5.76 Å². The lowest BCUT2D eigenvalue weighted by Crippen LogP contribution is -2.35. The van der Waals surface area contributed by atoms with Gasteiger partial charge in [0, 0.05) is 32.3 Å². The first kappa shape index (κ1) is 24.1. The molecule has 1 aromatic heterocycles. The summed E-state index contributed by atoms with van der Waals surface area (Å²) in [4.78, 5) is 15.6. The molecule has 3 aromatic rings. The summed E-state index contributed by atoms with van der Waals surface area (Å²) in [7, 11) is 10.6. The van der Waals surface area contributed by atoms with Crippen molar-refractivity contribution in [2.24, 2.45) is 0 Å². The predicted molar refractivity (Wildman–Crippen MR) is 129 cm³/mol. The van der Waals surface area contributed by atoms with Crippen LogP contribution in [0.1, 0.15) is 27.8 Å². The van der Waals surface area contributed by atoms with Crippen LogP contribution in [-0.4, -0.2) is 66.2 Å². The summed E-state index contributed by atoms with van der Waals surface area (Å²) in [6.07, 6.45) is -0.771. The molecule has 0 N–H and O–H groups in total. The SMILES string of the molecule is [B]c1c(OC)cc(-c2ccc(C(=O)C(OC)c3ccc(CN4CCOCC4)cc3)o2)cc1OC. The zero-order chi connectivity index (χ0) is 24.1. The Morgan fingerprint density at radius 1 is 1.00 bits per heavy atom. The van der Waals surface area contributed by atoms with Crippen LogP contribution in [0.3, 0.4) is 0 Å². The highest BCUT2D eigenvalue weighted by Crippen LogP contribution is 2.31. The Kier molecular flexibility index (Phi) is 7.72. The highest BCUT2D eigenvalue weighted by Gasteiger charge is 2.25. The Bertz CT molecular complexity index is 1100. The van der Waals surface area contributed by atoms with Gasteiger partial charge in [-0.3, -0.25) is 9.69 Å². The van der Waals surface area contributed by atoms with Crippen LogP contribution < -0.4 is 14.9 Å². The Balaban J connectivity index is 1.51. The minimum absolute atomic E-state index is 0.203. The summed E-state index contributed by atoms with van der Waals surface area (Å²) in [6.45, 7) is 4.23. The molecule has 7 nitrogen and oxygen atoms in total. The van der Waals surface area contributed by atoms with Gasteiger partial charge in [-0.25, -0.2) is 0 Å². The number of carbonyl (C=O) groups is 1. The second kappa shape index (κ2) is 10.9. The molecule has 2 aromatic carbocycles. The van der Waals surface area contributed by atoms with Crippen LogP contribution in [0, 0.1) is 0 Å². The maximum atomic E-state index is 13.2. The van der Waals surface area contributed by atoms with E-state index in [1.54, 1.807) is 24.3 Å². The normalized spacial score (nSPS) is 15.1. The Labute approximate surface area is 201 Å². The Morgan fingerprint density at radius 3 is 2.24 bits per heavy atom. The molecule has 8 heteroatoms. The number of Topliss-reactive ketones (excluding diaryl/α,β-unsaturated/α-hetero) is 1. The van der Waals surface area contributed by atoms with E-state index >= 15 is 0 Å². The molecule has 0 saturated carbocycles. The summed E-state index contributed by atoms with van der Waals surface area (Å²) in [5, 5.41) is 0. The van der Waals surface area contributed by atoms with Crippen molar-refractivity contribution in [2.45, 2.75) is 12.6 Å². The molecule has 2 heterocycles. The van der Waals surface area contributed by atoms with Crippen molar-refractivity contribution >= 4 is 19.1 Å². The highest BCUT2D eigenvalue weighted by atomic mass is 16.5. The molecule has 1 fully saturated rings. The zero-order valence-corrected chi connectivity index (χ0v) is 19.7. The lowest BCUT2D eigenvalue weighted by molar-refractivity contribution is 0.0341. The van der Waals surface area contributed by atoms with Gasteiger partial charge in [0.25, 0.3) is 0 Å². The van der Waals surface area contributed by atoms with Crippen molar-refractivity contribution in [3.05, 3.63) is 65.4 Å². The van der Waals surface area contributed by atoms with Gasteiger partial charge >= 0.3 is 0 Å². The van der Waals surface area contributed by atoms with Gasteiger partial charge in [-0.2, -0.15) is 0 Å². The summed E-state index contributed by atoms with van der Waals surface area (Å²) in [5.41, 5.74) is 3.03. The van der Waals surface area contributed by atoms with Gasteiger partial charge in [-0.05, 0) is 40.9 Å². The maximum absolute atomic E-state index is 13.2. The van der Waals surface area contributed by atoms with Crippen LogP contribution in [0.2, 0.25) is 0 Å². The fourth-order valence-corrected chi connectivity index (χ4v) is 4.05. The van der Waals surface area contributed by atoms with Gasteiger partial charge in [0.2, 0.25) is 5.78 Å². The van der Waals surface area contributed by atoms with E-state index in [9.17, 15) is 4.79 Å². The standard InChI is InChI=1S/C26H28BNO6/c1-30-22-14-19(15-23(31-2)24(22)27)20-8-9-21(34-20)25(29)26(32-3)18-6-4-17(5-7-18)16-28-10-12-33-13-11-28/h4-9,14-15,26H,10-13,16H2,1-3H3.